The number of nitrogens with one attached hydrogen (secondary N) is 1. The predicted molar refractivity (Wildman–Crippen MR) is 83.0 cm³/mol. The highest BCUT2D eigenvalue weighted by atomic mass is 35.5. The Morgan fingerprint density at radius 1 is 1.22 bits per heavy atom. The fraction of sp³-hybridized carbons (Fsp3) is 0.125. The summed E-state index contributed by atoms with van der Waals surface area (Å²) in [5, 5.41) is 11.6. The maximum absolute atomic E-state index is 12.9. The SMILES string of the molecule is C[C@H](OC(=O)c1ccc(O)cc1)C(=O)Nc1ccc(F)cc1Cl. The molecule has 0 heterocycles. The molecule has 0 fully saturated rings. The summed E-state index contributed by atoms with van der Waals surface area (Å²) in [5.41, 5.74) is 0.410. The van der Waals surface area contributed by atoms with Crippen LogP contribution in [0, 0.1) is 5.82 Å². The molecular weight excluding hydrogens is 325 g/mol. The summed E-state index contributed by atoms with van der Waals surface area (Å²) in [6.45, 7) is 1.39. The Labute approximate surface area is 136 Å². The largest absolute Gasteiger partial charge is 0.508 e. The number of hydrogen-bond donors (Lipinski definition) is 2. The third-order valence-electron chi connectivity index (χ3n) is 2.95. The number of hydrogen-bond acceptors (Lipinski definition) is 4. The predicted octanol–water partition coefficient (Wildman–Crippen LogP) is 3.37. The van der Waals surface area contributed by atoms with Gasteiger partial charge in [0, 0.05) is 0 Å². The van der Waals surface area contributed by atoms with Gasteiger partial charge in [0.25, 0.3) is 5.91 Å². The lowest BCUT2D eigenvalue weighted by Crippen LogP contribution is -2.30. The summed E-state index contributed by atoms with van der Waals surface area (Å²) in [4.78, 5) is 23.9. The fourth-order valence-electron chi connectivity index (χ4n) is 1.70. The fourth-order valence-corrected chi connectivity index (χ4v) is 1.92. The van der Waals surface area contributed by atoms with Crippen LogP contribution in [-0.2, 0) is 9.53 Å². The zero-order valence-corrected chi connectivity index (χ0v) is 12.8. The van der Waals surface area contributed by atoms with E-state index in [2.05, 4.69) is 5.32 Å². The van der Waals surface area contributed by atoms with Gasteiger partial charge in [-0.2, -0.15) is 0 Å². The first-order valence-electron chi connectivity index (χ1n) is 6.63. The molecule has 2 rings (SSSR count). The lowest BCUT2D eigenvalue weighted by atomic mass is 10.2. The van der Waals surface area contributed by atoms with Crippen molar-refractivity contribution in [2.24, 2.45) is 0 Å². The third-order valence-corrected chi connectivity index (χ3v) is 3.26. The molecular formula is C16H13ClFNO4. The van der Waals surface area contributed by atoms with Gasteiger partial charge in [-0.1, -0.05) is 11.6 Å². The van der Waals surface area contributed by atoms with Crippen molar-refractivity contribution in [2.75, 3.05) is 5.32 Å². The zero-order valence-electron chi connectivity index (χ0n) is 12.0. The molecule has 0 saturated heterocycles. The molecule has 2 aromatic carbocycles. The number of phenolic OH excluding ortho intramolecular Hbond substituents is 1. The van der Waals surface area contributed by atoms with Crippen LogP contribution in [0.5, 0.6) is 5.75 Å². The van der Waals surface area contributed by atoms with Gasteiger partial charge in [-0.05, 0) is 49.4 Å². The van der Waals surface area contributed by atoms with Crippen molar-refractivity contribution < 1.29 is 23.8 Å². The van der Waals surface area contributed by atoms with Gasteiger partial charge in [0.1, 0.15) is 11.6 Å². The Morgan fingerprint density at radius 2 is 1.87 bits per heavy atom. The van der Waals surface area contributed by atoms with Gasteiger partial charge < -0.3 is 15.2 Å². The molecule has 0 aliphatic heterocycles. The number of halogens is 2. The molecule has 7 heteroatoms. The molecule has 120 valence electrons. The van der Waals surface area contributed by atoms with Crippen LogP contribution >= 0.6 is 11.6 Å². The van der Waals surface area contributed by atoms with E-state index in [0.29, 0.717) is 0 Å². The normalized spacial score (nSPS) is 11.6. The topological polar surface area (TPSA) is 75.6 Å². The second kappa shape index (κ2) is 7.11. The van der Waals surface area contributed by atoms with Crippen molar-refractivity contribution in [3.63, 3.8) is 0 Å². The number of amides is 1. The Balaban J connectivity index is 1.99. The van der Waals surface area contributed by atoms with Crippen molar-refractivity contribution in [3.05, 3.63) is 58.9 Å². The van der Waals surface area contributed by atoms with Gasteiger partial charge >= 0.3 is 5.97 Å². The molecule has 1 amide bonds. The molecule has 0 aliphatic rings. The summed E-state index contributed by atoms with van der Waals surface area (Å²) >= 11 is 5.81. The molecule has 0 spiro atoms. The molecule has 2 aromatic rings. The van der Waals surface area contributed by atoms with Gasteiger partial charge in [0.15, 0.2) is 6.10 Å². The van der Waals surface area contributed by atoms with E-state index in [4.69, 9.17) is 21.4 Å². The van der Waals surface area contributed by atoms with Gasteiger partial charge in [-0.25, -0.2) is 9.18 Å². The Bertz CT molecular complexity index is 733. The minimum absolute atomic E-state index is 0.0123. The number of phenols is 1. The van der Waals surface area contributed by atoms with Crippen LogP contribution in [0.3, 0.4) is 0 Å². The highest BCUT2D eigenvalue weighted by molar-refractivity contribution is 6.33. The van der Waals surface area contributed by atoms with Crippen LogP contribution in [0.2, 0.25) is 5.02 Å². The summed E-state index contributed by atoms with van der Waals surface area (Å²) in [6.07, 6.45) is -1.09. The molecule has 0 saturated carbocycles. The smallest absolute Gasteiger partial charge is 0.338 e. The van der Waals surface area contributed by atoms with Crippen LogP contribution in [0.1, 0.15) is 17.3 Å². The van der Waals surface area contributed by atoms with Crippen LogP contribution in [-0.4, -0.2) is 23.1 Å². The number of carbonyl (C=O) groups is 2. The number of esters is 1. The molecule has 0 aliphatic carbocycles. The molecule has 1 atom stereocenters. The van der Waals surface area contributed by atoms with Crippen LogP contribution in [0.4, 0.5) is 10.1 Å². The van der Waals surface area contributed by atoms with Gasteiger partial charge in [-0.3, -0.25) is 4.79 Å². The van der Waals surface area contributed by atoms with E-state index < -0.39 is 23.8 Å². The van der Waals surface area contributed by atoms with E-state index >= 15 is 0 Å². The standard InChI is InChI=1S/C16H13ClFNO4/c1-9(23-16(22)10-2-5-12(20)6-3-10)15(21)19-14-7-4-11(18)8-13(14)17/h2-9,20H,1H3,(H,19,21)/t9-/m0/s1. The van der Waals surface area contributed by atoms with Gasteiger partial charge in [0.2, 0.25) is 0 Å². The molecule has 23 heavy (non-hydrogen) atoms. The second-order valence-corrected chi connectivity index (χ2v) is 5.12. The number of ether oxygens (including phenoxy) is 1. The Kier molecular flexibility index (Phi) is 5.18. The number of benzene rings is 2. The highest BCUT2D eigenvalue weighted by Gasteiger charge is 2.20. The van der Waals surface area contributed by atoms with Gasteiger partial charge in [-0.15, -0.1) is 0 Å². The maximum atomic E-state index is 12.9. The number of rotatable bonds is 4. The summed E-state index contributed by atoms with van der Waals surface area (Å²) in [6, 6.07) is 8.93. The van der Waals surface area contributed by atoms with Crippen LogP contribution in [0.15, 0.2) is 42.5 Å². The molecule has 0 radical (unpaired) electrons. The average Bonchev–Trinajstić information content (AvgIpc) is 2.50. The minimum Gasteiger partial charge on any atom is -0.508 e. The highest BCUT2D eigenvalue weighted by Crippen LogP contribution is 2.22. The van der Waals surface area contributed by atoms with Crippen molar-refractivity contribution in [1.82, 2.24) is 0 Å². The van der Waals surface area contributed by atoms with E-state index in [1.54, 1.807) is 0 Å². The number of carbonyl (C=O) groups excluding carboxylic acids is 2. The zero-order chi connectivity index (χ0) is 17.0. The van der Waals surface area contributed by atoms with Crippen molar-refractivity contribution >= 4 is 29.2 Å². The molecule has 0 unspecified atom stereocenters. The van der Waals surface area contributed by atoms with E-state index in [0.717, 1.165) is 12.1 Å². The summed E-state index contributed by atoms with van der Waals surface area (Å²) in [5.74, 6) is -1.83. The van der Waals surface area contributed by atoms with Crippen molar-refractivity contribution in [2.45, 2.75) is 13.0 Å². The Hall–Kier alpha value is -2.60. The molecule has 5 nitrogen and oxygen atoms in total. The van der Waals surface area contributed by atoms with Crippen molar-refractivity contribution in [1.29, 1.82) is 0 Å². The molecule has 0 bridgehead atoms. The lowest BCUT2D eigenvalue weighted by Gasteiger charge is -2.14. The summed E-state index contributed by atoms with van der Waals surface area (Å²) in [7, 11) is 0. The van der Waals surface area contributed by atoms with E-state index in [-0.39, 0.29) is 22.0 Å². The molecule has 0 aromatic heterocycles. The maximum Gasteiger partial charge on any atom is 0.338 e. The van der Waals surface area contributed by atoms with Crippen LogP contribution < -0.4 is 5.32 Å². The summed E-state index contributed by atoms with van der Waals surface area (Å²) < 4.78 is 18.0. The Morgan fingerprint density at radius 3 is 2.48 bits per heavy atom. The average molecular weight is 338 g/mol. The first-order valence-corrected chi connectivity index (χ1v) is 7.00. The minimum atomic E-state index is -1.09. The van der Waals surface area contributed by atoms with Gasteiger partial charge in [0.05, 0.1) is 16.3 Å². The first kappa shape index (κ1) is 16.8. The molecule has 2 N–H and O–H groups in total. The third kappa shape index (κ3) is 4.43. The monoisotopic (exact) mass is 337 g/mol. The quantitative estimate of drug-likeness (QED) is 0.839. The van der Waals surface area contributed by atoms with E-state index in [1.807, 2.05) is 0 Å². The lowest BCUT2D eigenvalue weighted by molar-refractivity contribution is -0.123. The van der Waals surface area contributed by atoms with E-state index in [9.17, 15) is 14.0 Å². The first-order chi connectivity index (χ1) is 10.9. The second-order valence-electron chi connectivity index (χ2n) is 4.71. The van der Waals surface area contributed by atoms with Crippen LogP contribution in [0.25, 0.3) is 0 Å². The number of aromatic hydroxyl groups is 1. The number of anilines is 1. The van der Waals surface area contributed by atoms with Crippen molar-refractivity contribution in [3.8, 4) is 5.75 Å². The van der Waals surface area contributed by atoms with E-state index in [1.165, 1.54) is 37.3 Å².